The third-order valence-electron chi connectivity index (χ3n) is 12.4. The highest BCUT2D eigenvalue weighted by Gasteiger charge is 2.17. The van der Waals surface area contributed by atoms with E-state index in [0.29, 0.717) is 0 Å². The first-order valence-corrected chi connectivity index (χ1v) is 21.5. The van der Waals surface area contributed by atoms with Crippen LogP contribution in [0.25, 0.3) is 93.9 Å². The number of anilines is 3. The van der Waals surface area contributed by atoms with E-state index < -0.39 is 0 Å². The topological polar surface area (TPSA) is 21.3 Å². The Morgan fingerprint density at radius 1 is 0.270 bits per heavy atom. The first-order chi connectivity index (χ1) is 31.2. The van der Waals surface area contributed by atoms with Crippen molar-refractivity contribution in [2.24, 2.45) is 0 Å². The van der Waals surface area contributed by atoms with Gasteiger partial charge in [0, 0.05) is 44.3 Å². The molecular formula is C60H40N2O. The Morgan fingerprint density at radius 3 is 1.35 bits per heavy atom. The van der Waals surface area contributed by atoms with Crippen LogP contribution in [0.2, 0.25) is 0 Å². The lowest BCUT2D eigenvalue weighted by molar-refractivity contribution is 0.669. The van der Waals surface area contributed by atoms with Gasteiger partial charge in [-0.1, -0.05) is 164 Å². The van der Waals surface area contributed by atoms with E-state index in [0.717, 1.165) is 72.5 Å². The molecule has 12 rings (SSSR count). The number of benzene rings is 10. The molecule has 0 spiro atoms. The van der Waals surface area contributed by atoms with E-state index in [1.165, 1.54) is 38.5 Å². The van der Waals surface area contributed by atoms with Gasteiger partial charge in [-0.25, -0.2) is 0 Å². The summed E-state index contributed by atoms with van der Waals surface area (Å²) in [5, 5.41) is 4.81. The van der Waals surface area contributed by atoms with E-state index in [1.54, 1.807) is 0 Å². The van der Waals surface area contributed by atoms with E-state index in [2.05, 4.69) is 240 Å². The quantitative estimate of drug-likeness (QED) is 0.153. The molecule has 0 saturated heterocycles. The van der Waals surface area contributed by atoms with Crippen LogP contribution in [0.1, 0.15) is 0 Å². The second kappa shape index (κ2) is 15.3. The molecular weight excluding hydrogens is 765 g/mol. The van der Waals surface area contributed by atoms with Crippen molar-refractivity contribution < 1.29 is 4.42 Å². The van der Waals surface area contributed by atoms with Crippen LogP contribution < -0.4 is 4.90 Å². The maximum absolute atomic E-state index is 6.22. The van der Waals surface area contributed by atoms with E-state index in [-0.39, 0.29) is 0 Å². The number of fused-ring (bicyclic) bond motifs is 6. The molecule has 0 radical (unpaired) electrons. The molecule has 10 aromatic carbocycles. The maximum atomic E-state index is 6.22. The van der Waals surface area contributed by atoms with Crippen molar-refractivity contribution in [1.29, 1.82) is 0 Å². The third-order valence-corrected chi connectivity index (χ3v) is 12.4. The van der Waals surface area contributed by atoms with E-state index >= 15 is 0 Å². The van der Waals surface area contributed by atoms with Crippen molar-refractivity contribution in [1.82, 2.24) is 4.57 Å². The predicted molar refractivity (Wildman–Crippen MR) is 264 cm³/mol. The normalized spacial score (nSPS) is 11.5. The highest BCUT2D eigenvalue weighted by atomic mass is 16.3. The molecule has 0 bridgehead atoms. The van der Waals surface area contributed by atoms with Crippen LogP contribution >= 0.6 is 0 Å². The van der Waals surface area contributed by atoms with Crippen LogP contribution in [0.5, 0.6) is 0 Å². The molecule has 296 valence electrons. The summed E-state index contributed by atoms with van der Waals surface area (Å²) in [7, 11) is 0. The number of furan rings is 1. The van der Waals surface area contributed by atoms with Crippen molar-refractivity contribution in [3.05, 3.63) is 243 Å². The fourth-order valence-electron chi connectivity index (χ4n) is 9.32. The first kappa shape index (κ1) is 36.5. The van der Waals surface area contributed by atoms with Gasteiger partial charge in [0.1, 0.15) is 11.2 Å². The number of para-hydroxylation sites is 3. The molecule has 0 amide bonds. The fourth-order valence-corrected chi connectivity index (χ4v) is 9.32. The zero-order valence-electron chi connectivity index (χ0n) is 34.4. The van der Waals surface area contributed by atoms with Crippen molar-refractivity contribution >= 4 is 60.8 Å². The number of nitrogens with zero attached hydrogens (tertiary/aromatic N) is 2. The number of hydrogen-bond acceptors (Lipinski definition) is 2. The molecule has 3 heteroatoms. The van der Waals surface area contributed by atoms with E-state index in [4.69, 9.17) is 4.42 Å². The molecule has 63 heavy (non-hydrogen) atoms. The van der Waals surface area contributed by atoms with Gasteiger partial charge in [0.2, 0.25) is 0 Å². The summed E-state index contributed by atoms with van der Waals surface area (Å²) in [6.07, 6.45) is 0. The van der Waals surface area contributed by atoms with E-state index in [1.807, 2.05) is 12.1 Å². The summed E-state index contributed by atoms with van der Waals surface area (Å²) in [5.74, 6) is 0. The van der Waals surface area contributed by atoms with Gasteiger partial charge in [-0.15, -0.1) is 0 Å². The van der Waals surface area contributed by atoms with Crippen molar-refractivity contribution in [2.75, 3.05) is 4.90 Å². The van der Waals surface area contributed by atoms with Crippen LogP contribution in [-0.4, -0.2) is 4.57 Å². The summed E-state index contributed by atoms with van der Waals surface area (Å²) < 4.78 is 8.60. The Balaban J connectivity index is 0.903. The van der Waals surface area contributed by atoms with Crippen molar-refractivity contribution in [3.8, 4) is 50.2 Å². The Bertz CT molecular complexity index is 3560. The highest BCUT2D eigenvalue weighted by Crippen LogP contribution is 2.40. The smallest absolute Gasteiger partial charge is 0.136 e. The number of hydrogen-bond donors (Lipinski definition) is 0. The van der Waals surface area contributed by atoms with Crippen LogP contribution in [0, 0.1) is 0 Å². The minimum atomic E-state index is 0.905. The third kappa shape index (κ3) is 6.55. The summed E-state index contributed by atoms with van der Waals surface area (Å²) >= 11 is 0. The molecule has 0 N–H and O–H groups in total. The lowest BCUT2D eigenvalue weighted by Gasteiger charge is -2.27. The van der Waals surface area contributed by atoms with Crippen LogP contribution in [0.4, 0.5) is 17.1 Å². The number of rotatable bonds is 8. The summed E-state index contributed by atoms with van der Waals surface area (Å²) in [4.78, 5) is 2.37. The Kier molecular flexibility index (Phi) is 8.83. The van der Waals surface area contributed by atoms with Crippen LogP contribution in [0.15, 0.2) is 247 Å². The lowest BCUT2D eigenvalue weighted by atomic mass is 9.98. The SMILES string of the molecule is c1ccc(-c2cccc(N(c3ccc(-c4cccc(-n5c6ccccc6c6ccccc65)c4)cc3)c3cccc(-c4ccc(-c5ccc6c(c5)oc5ccccc56)cc4)c3)c2)cc1. The standard InChI is InChI=1S/C60H40N2O/c1-2-13-41(14-3-1)45-15-10-18-50(37-45)61(49-34-31-44(32-35-49)47-17-12-20-52(39-47)62-57-24-7-4-21-53(57)54-22-5-8-25-58(54)62)51-19-11-16-46(38-51)42-27-29-43(30-28-42)48-33-36-56-55-23-6-9-26-59(55)63-60(56)40-48/h1-40H. The zero-order chi connectivity index (χ0) is 41.7. The maximum Gasteiger partial charge on any atom is 0.136 e. The highest BCUT2D eigenvalue weighted by molar-refractivity contribution is 6.09. The molecule has 0 aliphatic rings. The van der Waals surface area contributed by atoms with Gasteiger partial charge >= 0.3 is 0 Å². The minimum absolute atomic E-state index is 0.905. The Labute approximate surface area is 366 Å². The second-order valence-electron chi connectivity index (χ2n) is 16.2. The molecule has 0 saturated carbocycles. The molecule has 0 aliphatic heterocycles. The van der Waals surface area contributed by atoms with Crippen molar-refractivity contribution in [2.45, 2.75) is 0 Å². The van der Waals surface area contributed by atoms with Gasteiger partial charge in [0.25, 0.3) is 0 Å². The van der Waals surface area contributed by atoms with E-state index in [9.17, 15) is 0 Å². The first-order valence-electron chi connectivity index (χ1n) is 21.5. The Morgan fingerprint density at radius 2 is 0.714 bits per heavy atom. The molecule has 3 nitrogen and oxygen atoms in total. The largest absolute Gasteiger partial charge is 0.456 e. The molecule has 0 atom stereocenters. The summed E-state index contributed by atoms with van der Waals surface area (Å²) in [5.41, 5.74) is 17.9. The molecule has 0 unspecified atom stereocenters. The van der Waals surface area contributed by atoms with Gasteiger partial charge in [-0.3, -0.25) is 0 Å². The average molecular weight is 805 g/mol. The molecule has 2 aromatic heterocycles. The minimum Gasteiger partial charge on any atom is -0.456 e. The zero-order valence-corrected chi connectivity index (χ0v) is 34.4. The second-order valence-corrected chi connectivity index (χ2v) is 16.2. The van der Waals surface area contributed by atoms with Crippen molar-refractivity contribution in [3.63, 3.8) is 0 Å². The van der Waals surface area contributed by atoms with Gasteiger partial charge < -0.3 is 13.9 Å². The summed E-state index contributed by atoms with van der Waals surface area (Å²) in [6.45, 7) is 0. The average Bonchev–Trinajstić information content (AvgIpc) is 3.90. The number of aromatic nitrogens is 1. The molecule has 12 aromatic rings. The van der Waals surface area contributed by atoms with Gasteiger partial charge in [0.05, 0.1) is 11.0 Å². The Hall–Kier alpha value is -8.40. The summed E-state index contributed by atoms with van der Waals surface area (Å²) in [6, 6.07) is 87.2. The van der Waals surface area contributed by atoms with Gasteiger partial charge in [0.15, 0.2) is 0 Å². The molecule has 2 heterocycles. The monoisotopic (exact) mass is 804 g/mol. The van der Waals surface area contributed by atoms with Crippen LogP contribution in [0.3, 0.4) is 0 Å². The fraction of sp³-hybridized carbons (Fsp3) is 0. The van der Waals surface area contributed by atoms with Gasteiger partial charge in [-0.2, -0.15) is 0 Å². The molecule has 0 fully saturated rings. The van der Waals surface area contributed by atoms with Gasteiger partial charge in [-0.05, 0) is 123 Å². The predicted octanol–water partition coefficient (Wildman–Crippen LogP) is 16.8. The van der Waals surface area contributed by atoms with Crippen LogP contribution in [-0.2, 0) is 0 Å². The lowest BCUT2D eigenvalue weighted by Crippen LogP contribution is -2.10. The molecule has 0 aliphatic carbocycles.